The van der Waals surface area contributed by atoms with Crippen LogP contribution in [0.3, 0.4) is 0 Å². The number of anilines is 1. The molecule has 2 aromatic rings. The number of hydrogen-bond donors (Lipinski definition) is 3. The Kier molecular flexibility index (Phi) is 4.96. The molecular formula is C16H17N3O4S2. The molecule has 0 bridgehead atoms. The fourth-order valence-electron chi connectivity index (χ4n) is 2.81. The van der Waals surface area contributed by atoms with E-state index in [1.807, 2.05) is 25.1 Å². The van der Waals surface area contributed by atoms with Gasteiger partial charge in [0.25, 0.3) is 0 Å². The van der Waals surface area contributed by atoms with E-state index < -0.39 is 23.8 Å². The number of rotatable bonds is 5. The van der Waals surface area contributed by atoms with Crippen LogP contribution in [0.1, 0.15) is 11.4 Å². The van der Waals surface area contributed by atoms with Gasteiger partial charge in [0.15, 0.2) is 0 Å². The van der Waals surface area contributed by atoms with Crippen LogP contribution in [0.2, 0.25) is 0 Å². The molecule has 132 valence electrons. The van der Waals surface area contributed by atoms with E-state index in [4.69, 9.17) is 5.11 Å². The van der Waals surface area contributed by atoms with Crippen molar-refractivity contribution in [3.05, 3.63) is 23.2 Å². The number of nitrogens with zero attached hydrogens (tertiary/aromatic N) is 2. The highest BCUT2D eigenvalue weighted by Crippen LogP contribution is 2.30. The maximum atomic E-state index is 12.3. The van der Waals surface area contributed by atoms with Crippen LogP contribution in [0.15, 0.2) is 18.2 Å². The van der Waals surface area contributed by atoms with E-state index >= 15 is 0 Å². The molecule has 1 aromatic heterocycles. The average Bonchev–Trinajstić information content (AvgIpc) is 3.13. The van der Waals surface area contributed by atoms with Gasteiger partial charge >= 0.3 is 5.97 Å². The van der Waals surface area contributed by atoms with E-state index in [1.54, 1.807) is 16.2 Å². The summed E-state index contributed by atoms with van der Waals surface area (Å²) in [5, 5.41) is 12.4. The van der Waals surface area contributed by atoms with E-state index in [0.717, 1.165) is 15.2 Å². The number of hydrogen-bond acceptors (Lipinski definition) is 6. The molecule has 0 spiro atoms. The Balaban J connectivity index is 1.74. The summed E-state index contributed by atoms with van der Waals surface area (Å²) in [5.41, 5.74) is 1.52. The summed E-state index contributed by atoms with van der Waals surface area (Å²) in [6, 6.07) is 4.53. The summed E-state index contributed by atoms with van der Waals surface area (Å²) >= 11 is 5.50. The Morgan fingerprint density at radius 3 is 2.96 bits per heavy atom. The van der Waals surface area contributed by atoms with Gasteiger partial charge in [0.05, 0.1) is 21.1 Å². The van der Waals surface area contributed by atoms with Crippen molar-refractivity contribution in [1.29, 1.82) is 0 Å². The van der Waals surface area contributed by atoms with Crippen molar-refractivity contribution >= 4 is 57.7 Å². The molecule has 9 heteroatoms. The van der Waals surface area contributed by atoms with Gasteiger partial charge in [-0.15, -0.1) is 11.3 Å². The lowest BCUT2D eigenvalue weighted by Crippen LogP contribution is -2.45. The van der Waals surface area contributed by atoms with Gasteiger partial charge in [-0.1, -0.05) is 0 Å². The van der Waals surface area contributed by atoms with Gasteiger partial charge in [0.1, 0.15) is 6.04 Å². The number of aliphatic carboxylic acids is 1. The second kappa shape index (κ2) is 7.01. The van der Waals surface area contributed by atoms with Gasteiger partial charge in [-0.3, -0.25) is 9.59 Å². The summed E-state index contributed by atoms with van der Waals surface area (Å²) in [6.45, 7) is 2.14. The molecule has 1 saturated heterocycles. The number of nitrogens with one attached hydrogen (secondary N) is 1. The predicted octanol–water partition coefficient (Wildman–Crippen LogP) is 1.46. The molecule has 2 heterocycles. The van der Waals surface area contributed by atoms with Crippen LogP contribution >= 0.6 is 24.0 Å². The van der Waals surface area contributed by atoms with Crippen LogP contribution < -0.4 is 10.2 Å². The average molecular weight is 379 g/mol. The topological polar surface area (TPSA) is 99.6 Å². The molecule has 0 radical (unpaired) electrons. The number of fused-ring (bicyclic) bond motifs is 1. The lowest BCUT2D eigenvalue weighted by Gasteiger charge is -2.18. The maximum absolute atomic E-state index is 12.3. The Morgan fingerprint density at radius 2 is 2.28 bits per heavy atom. The van der Waals surface area contributed by atoms with E-state index in [2.05, 4.69) is 22.9 Å². The summed E-state index contributed by atoms with van der Waals surface area (Å²) in [4.78, 5) is 41.6. The van der Waals surface area contributed by atoms with Crippen LogP contribution in [-0.2, 0) is 14.4 Å². The first-order valence-corrected chi connectivity index (χ1v) is 9.15. The van der Waals surface area contributed by atoms with Gasteiger partial charge in [-0.05, 0) is 25.1 Å². The zero-order chi connectivity index (χ0) is 18.1. The van der Waals surface area contributed by atoms with Crippen molar-refractivity contribution < 1.29 is 19.5 Å². The highest BCUT2D eigenvalue weighted by atomic mass is 32.1. The van der Waals surface area contributed by atoms with Gasteiger partial charge in [0, 0.05) is 24.4 Å². The zero-order valence-electron chi connectivity index (χ0n) is 13.4. The molecule has 2 atom stereocenters. The van der Waals surface area contributed by atoms with Crippen molar-refractivity contribution in [2.75, 3.05) is 17.2 Å². The molecule has 1 aromatic carbocycles. The Labute approximate surface area is 153 Å². The fourth-order valence-corrected chi connectivity index (χ4v) is 3.86. The number of benzene rings is 1. The number of thiol groups is 1. The van der Waals surface area contributed by atoms with Gasteiger partial charge in [-0.25, -0.2) is 9.78 Å². The standard InChI is InChI=1S/C16H17N3O4S2/c1-8-17-11-5-10(2-3-13(11)25-8)19-6-9(4-14(19)20)15(21)18-12(7-24)16(22)23/h2-3,5,9,12,24H,4,6-7H2,1H3,(H,18,21)(H,22,23). The molecule has 1 aliphatic heterocycles. The molecule has 2 unspecified atom stereocenters. The number of carboxylic acid groups (broad SMARTS) is 1. The summed E-state index contributed by atoms with van der Waals surface area (Å²) < 4.78 is 1.04. The van der Waals surface area contributed by atoms with E-state index in [0.29, 0.717) is 5.69 Å². The normalized spacial score (nSPS) is 18.6. The molecule has 7 nitrogen and oxygen atoms in total. The van der Waals surface area contributed by atoms with E-state index in [-0.39, 0.29) is 24.6 Å². The minimum atomic E-state index is -1.14. The molecule has 2 N–H and O–H groups in total. The second-order valence-corrected chi connectivity index (χ2v) is 7.47. The Morgan fingerprint density at radius 1 is 1.52 bits per heavy atom. The molecule has 3 rings (SSSR count). The lowest BCUT2D eigenvalue weighted by atomic mass is 10.1. The smallest absolute Gasteiger partial charge is 0.327 e. The monoisotopic (exact) mass is 379 g/mol. The van der Waals surface area contributed by atoms with Gasteiger partial charge in [0.2, 0.25) is 11.8 Å². The Bertz CT molecular complexity index is 851. The first-order chi connectivity index (χ1) is 11.9. The van der Waals surface area contributed by atoms with Gasteiger partial charge < -0.3 is 15.3 Å². The zero-order valence-corrected chi connectivity index (χ0v) is 15.1. The minimum absolute atomic E-state index is 0.00863. The van der Waals surface area contributed by atoms with Crippen molar-refractivity contribution in [3.63, 3.8) is 0 Å². The van der Waals surface area contributed by atoms with Crippen molar-refractivity contribution in [1.82, 2.24) is 10.3 Å². The highest BCUT2D eigenvalue weighted by molar-refractivity contribution is 7.80. The second-order valence-electron chi connectivity index (χ2n) is 5.87. The number of aryl methyl sites for hydroxylation is 1. The molecule has 1 aliphatic rings. The molecule has 0 saturated carbocycles. The number of thiazole rings is 1. The van der Waals surface area contributed by atoms with Crippen LogP contribution in [0.4, 0.5) is 5.69 Å². The largest absolute Gasteiger partial charge is 0.480 e. The number of amides is 2. The Hall–Kier alpha value is -2.13. The number of carbonyl (C=O) groups is 3. The molecule has 0 aliphatic carbocycles. The molecule has 2 amide bonds. The van der Waals surface area contributed by atoms with E-state index in [1.165, 1.54) is 0 Å². The first kappa shape index (κ1) is 17.7. The SMILES string of the molecule is Cc1nc2cc(N3CC(C(=O)NC(CS)C(=O)O)CC3=O)ccc2s1. The number of carbonyl (C=O) groups excluding carboxylic acids is 2. The van der Waals surface area contributed by atoms with Crippen LogP contribution in [0.25, 0.3) is 10.2 Å². The van der Waals surface area contributed by atoms with Crippen LogP contribution in [0.5, 0.6) is 0 Å². The van der Waals surface area contributed by atoms with Crippen LogP contribution in [0, 0.1) is 12.8 Å². The number of aromatic nitrogens is 1. The summed E-state index contributed by atoms with van der Waals surface area (Å²) in [5.74, 6) is -2.34. The predicted molar refractivity (Wildman–Crippen MR) is 98.2 cm³/mol. The van der Waals surface area contributed by atoms with Crippen molar-refractivity contribution in [2.45, 2.75) is 19.4 Å². The maximum Gasteiger partial charge on any atom is 0.327 e. The molecule has 1 fully saturated rings. The van der Waals surface area contributed by atoms with Crippen molar-refractivity contribution in [3.8, 4) is 0 Å². The van der Waals surface area contributed by atoms with E-state index in [9.17, 15) is 14.4 Å². The third-order valence-corrected chi connectivity index (χ3v) is 5.40. The fraction of sp³-hybridized carbons (Fsp3) is 0.375. The van der Waals surface area contributed by atoms with Gasteiger partial charge in [-0.2, -0.15) is 12.6 Å². The number of carboxylic acids is 1. The summed E-state index contributed by atoms with van der Waals surface area (Å²) in [6.07, 6.45) is 0.0544. The third kappa shape index (κ3) is 3.62. The molecular weight excluding hydrogens is 362 g/mol. The minimum Gasteiger partial charge on any atom is -0.480 e. The molecule has 25 heavy (non-hydrogen) atoms. The lowest BCUT2D eigenvalue weighted by molar-refractivity contribution is -0.141. The summed E-state index contributed by atoms with van der Waals surface area (Å²) in [7, 11) is 0. The highest BCUT2D eigenvalue weighted by Gasteiger charge is 2.36. The van der Waals surface area contributed by atoms with Crippen molar-refractivity contribution in [2.24, 2.45) is 5.92 Å². The first-order valence-electron chi connectivity index (χ1n) is 7.70. The quantitative estimate of drug-likeness (QED) is 0.683. The third-order valence-electron chi connectivity index (χ3n) is 4.08. The van der Waals surface area contributed by atoms with Crippen LogP contribution in [-0.4, -0.2) is 46.2 Å².